The molecule has 7 nitrogen and oxygen atoms in total. The number of hydrogen-bond donors (Lipinski definition) is 0. The molecule has 4 rings (SSSR count). The highest BCUT2D eigenvalue weighted by Gasteiger charge is 2.32. The summed E-state index contributed by atoms with van der Waals surface area (Å²) in [7, 11) is 0. The largest absolute Gasteiger partial charge is 0.494 e. The molecule has 1 aliphatic rings. The zero-order chi connectivity index (χ0) is 27.8. The molecular formula is C32H32N2O5. The summed E-state index contributed by atoms with van der Waals surface area (Å²) in [6.45, 7) is 6.53. The number of esters is 1. The number of allylic oxidation sites excluding steroid dienone is 1. The van der Waals surface area contributed by atoms with Crippen molar-refractivity contribution in [2.75, 3.05) is 11.6 Å². The third kappa shape index (κ3) is 7.08. The van der Waals surface area contributed by atoms with Crippen LogP contribution in [0, 0.1) is 12.8 Å². The molecule has 3 aromatic rings. The number of amides is 1. The lowest BCUT2D eigenvalue weighted by molar-refractivity contribution is -0.118. The van der Waals surface area contributed by atoms with Gasteiger partial charge in [0.25, 0.3) is 5.91 Å². The van der Waals surface area contributed by atoms with Crippen LogP contribution in [0.2, 0.25) is 0 Å². The Bertz CT molecular complexity index is 1370. The van der Waals surface area contributed by atoms with E-state index >= 15 is 0 Å². The predicted molar refractivity (Wildman–Crippen MR) is 152 cm³/mol. The van der Waals surface area contributed by atoms with E-state index in [9.17, 15) is 14.4 Å². The van der Waals surface area contributed by atoms with Crippen molar-refractivity contribution >= 4 is 29.1 Å². The van der Waals surface area contributed by atoms with E-state index in [1.54, 1.807) is 61.5 Å². The molecular weight excluding hydrogens is 492 g/mol. The van der Waals surface area contributed by atoms with Crippen LogP contribution in [0.5, 0.6) is 11.5 Å². The summed E-state index contributed by atoms with van der Waals surface area (Å²) in [6, 6.07) is 20.6. The highest BCUT2D eigenvalue weighted by molar-refractivity contribution is 6.17. The van der Waals surface area contributed by atoms with Gasteiger partial charge in [-0.15, -0.1) is 0 Å². The molecule has 1 aliphatic heterocycles. The van der Waals surface area contributed by atoms with Crippen molar-refractivity contribution in [2.24, 2.45) is 11.0 Å². The predicted octanol–water partition coefficient (Wildman–Crippen LogP) is 6.56. The van der Waals surface area contributed by atoms with Crippen LogP contribution in [0.1, 0.15) is 59.4 Å². The number of hydrazone groups is 1. The number of hydrogen-bond acceptors (Lipinski definition) is 6. The van der Waals surface area contributed by atoms with E-state index in [0.29, 0.717) is 40.6 Å². The third-order valence-electron chi connectivity index (χ3n) is 6.36. The van der Waals surface area contributed by atoms with Gasteiger partial charge in [-0.2, -0.15) is 10.1 Å². The zero-order valence-corrected chi connectivity index (χ0v) is 22.4. The van der Waals surface area contributed by atoms with Crippen molar-refractivity contribution in [3.05, 3.63) is 102 Å². The van der Waals surface area contributed by atoms with Crippen molar-refractivity contribution < 1.29 is 23.9 Å². The van der Waals surface area contributed by atoms with E-state index in [4.69, 9.17) is 9.47 Å². The van der Waals surface area contributed by atoms with E-state index in [-0.39, 0.29) is 11.7 Å². The van der Waals surface area contributed by atoms with Crippen LogP contribution in [0.15, 0.2) is 90.0 Å². The van der Waals surface area contributed by atoms with E-state index in [0.717, 1.165) is 24.8 Å². The molecule has 1 atom stereocenters. The first kappa shape index (κ1) is 27.5. The third-order valence-corrected chi connectivity index (χ3v) is 6.36. The Labute approximate surface area is 228 Å². The summed E-state index contributed by atoms with van der Waals surface area (Å²) in [4.78, 5) is 38.1. The van der Waals surface area contributed by atoms with Gasteiger partial charge in [0.2, 0.25) is 0 Å². The minimum atomic E-state index is -0.608. The van der Waals surface area contributed by atoms with Gasteiger partial charge in [0.15, 0.2) is 5.78 Å². The van der Waals surface area contributed by atoms with Gasteiger partial charge in [0, 0.05) is 5.56 Å². The number of unbranched alkanes of at least 4 members (excludes halogenated alkanes) is 2. The molecule has 0 bridgehead atoms. The summed E-state index contributed by atoms with van der Waals surface area (Å²) in [6.07, 6.45) is 6.20. The number of anilines is 1. The van der Waals surface area contributed by atoms with E-state index in [2.05, 4.69) is 12.0 Å². The van der Waals surface area contributed by atoms with Gasteiger partial charge in [0.1, 0.15) is 11.5 Å². The van der Waals surface area contributed by atoms with Gasteiger partial charge in [-0.25, -0.2) is 4.79 Å². The average molecular weight is 525 g/mol. The number of nitrogens with zero attached hydrogens (tertiary/aromatic N) is 2. The molecule has 1 heterocycles. The molecule has 200 valence electrons. The van der Waals surface area contributed by atoms with Gasteiger partial charge < -0.3 is 9.47 Å². The van der Waals surface area contributed by atoms with E-state index in [1.807, 2.05) is 31.2 Å². The molecule has 0 saturated carbocycles. The number of carbonyl (C=O) groups is 3. The molecule has 0 aromatic heterocycles. The first-order valence-electron chi connectivity index (χ1n) is 13.1. The lowest BCUT2D eigenvalue weighted by Gasteiger charge is -2.13. The van der Waals surface area contributed by atoms with Crippen molar-refractivity contribution in [1.29, 1.82) is 0 Å². The molecule has 0 radical (unpaired) electrons. The van der Waals surface area contributed by atoms with Crippen LogP contribution < -0.4 is 14.5 Å². The smallest absolute Gasteiger partial charge is 0.343 e. The maximum Gasteiger partial charge on any atom is 0.343 e. The maximum absolute atomic E-state index is 12.9. The highest BCUT2D eigenvalue weighted by Crippen LogP contribution is 2.25. The molecule has 3 aromatic carbocycles. The molecule has 0 spiro atoms. The van der Waals surface area contributed by atoms with Crippen LogP contribution >= 0.6 is 0 Å². The lowest BCUT2D eigenvalue weighted by Crippen LogP contribution is -2.26. The number of rotatable bonds is 11. The van der Waals surface area contributed by atoms with E-state index in [1.165, 1.54) is 11.1 Å². The topological polar surface area (TPSA) is 85.3 Å². The number of aryl methyl sites for hydroxylation is 1. The Morgan fingerprint density at radius 1 is 0.872 bits per heavy atom. The maximum atomic E-state index is 12.9. The van der Waals surface area contributed by atoms with Crippen molar-refractivity contribution in [3.63, 3.8) is 0 Å². The summed E-state index contributed by atoms with van der Waals surface area (Å²) < 4.78 is 11.1. The number of ketones is 1. The Hall–Kier alpha value is -4.52. The normalized spacial score (nSPS) is 14.9. The fraction of sp³-hybridized carbons (Fsp3) is 0.250. The summed E-state index contributed by atoms with van der Waals surface area (Å²) in [5, 5.41) is 5.74. The summed E-state index contributed by atoms with van der Waals surface area (Å²) in [5.41, 5.74) is 3.20. The Morgan fingerprint density at radius 2 is 1.51 bits per heavy atom. The van der Waals surface area contributed by atoms with Crippen LogP contribution in [-0.4, -0.2) is 30.0 Å². The first-order chi connectivity index (χ1) is 18.9. The average Bonchev–Trinajstić information content (AvgIpc) is 3.23. The van der Waals surface area contributed by atoms with Gasteiger partial charge in [-0.3, -0.25) is 9.59 Å². The second-order valence-electron chi connectivity index (χ2n) is 9.42. The monoisotopic (exact) mass is 524 g/mol. The van der Waals surface area contributed by atoms with Gasteiger partial charge in [0.05, 0.1) is 29.5 Å². The molecule has 1 amide bonds. The van der Waals surface area contributed by atoms with Crippen LogP contribution in [0.25, 0.3) is 0 Å². The molecule has 1 unspecified atom stereocenters. The Morgan fingerprint density at radius 3 is 2.18 bits per heavy atom. The van der Waals surface area contributed by atoms with Gasteiger partial charge in [-0.1, -0.05) is 43.5 Å². The first-order valence-corrected chi connectivity index (χ1v) is 13.1. The minimum absolute atomic E-state index is 0.209. The molecule has 39 heavy (non-hydrogen) atoms. The molecule has 0 fully saturated rings. The lowest BCUT2D eigenvalue weighted by atomic mass is 10.0. The molecule has 0 N–H and O–H groups in total. The zero-order valence-electron chi connectivity index (χ0n) is 22.4. The quantitative estimate of drug-likeness (QED) is 0.0932. The van der Waals surface area contributed by atoms with Gasteiger partial charge in [-0.05, 0) is 87.0 Å². The number of benzene rings is 3. The SMILES string of the molecule is CCCCCOc1ccc(C(=O)Oc2ccc(C(=O)/C=C/C3C(=O)N(c4ccc(C)cc4)N=C3C)cc2)cc1. The Balaban J connectivity index is 1.32. The van der Waals surface area contributed by atoms with E-state index < -0.39 is 11.9 Å². The fourth-order valence-electron chi connectivity index (χ4n) is 4.03. The molecule has 0 aliphatic carbocycles. The summed E-state index contributed by atoms with van der Waals surface area (Å²) >= 11 is 0. The summed E-state index contributed by atoms with van der Waals surface area (Å²) in [5.74, 6) is -0.552. The second-order valence-corrected chi connectivity index (χ2v) is 9.42. The van der Waals surface area contributed by atoms with Crippen LogP contribution in [0.3, 0.4) is 0 Å². The number of ether oxygens (including phenoxy) is 2. The minimum Gasteiger partial charge on any atom is -0.494 e. The van der Waals surface area contributed by atoms with Gasteiger partial charge >= 0.3 is 5.97 Å². The highest BCUT2D eigenvalue weighted by atomic mass is 16.5. The molecule has 0 saturated heterocycles. The van der Waals surface area contributed by atoms with Crippen LogP contribution in [0.4, 0.5) is 5.69 Å². The van der Waals surface area contributed by atoms with Crippen molar-refractivity contribution in [2.45, 2.75) is 40.0 Å². The van der Waals surface area contributed by atoms with Crippen molar-refractivity contribution in [1.82, 2.24) is 0 Å². The fourth-order valence-corrected chi connectivity index (χ4v) is 4.03. The van der Waals surface area contributed by atoms with Crippen LogP contribution in [-0.2, 0) is 4.79 Å². The van der Waals surface area contributed by atoms with Crippen molar-refractivity contribution in [3.8, 4) is 11.5 Å². The Kier molecular flexibility index (Phi) is 9.05. The second kappa shape index (κ2) is 12.8. The number of carbonyl (C=O) groups excluding carboxylic acids is 3. The molecule has 7 heteroatoms. The standard InChI is InChI=1S/C32H32N2O5/c1-4-5-6-21-38-27-15-11-25(12-16-27)32(37)39-28-17-9-24(10-18-28)30(35)20-19-29-23(3)33-34(31(29)36)26-13-7-22(2)8-14-26/h7-20,29H,4-6,21H2,1-3H3/b20-19+.